The summed E-state index contributed by atoms with van der Waals surface area (Å²) in [5.74, 6) is 0.793. The molecule has 1 nitrogen and oxygen atoms in total. The predicted octanol–water partition coefficient (Wildman–Crippen LogP) is 3.63. The summed E-state index contributed by atoms with van der Waals surface area (Å²) in [6.45, 7) is 0.677. The summed E-state index contributed by atoms with van der Waals surface area (Å²) in [7, 11) is 0. The second-order valence-corrected chi connectivity index (χ2v) is 5.83. The molecule has 1 aromatic rings. The van der Waals surface area contributed by atoms with Gasteiger partial charge in [-0.25, -0.2) is 0 Å². The minimum Gasteiger partial charge on any atom is -0.326 e. The van der Waals surface area contributed by atoms with Crippen LogP contribution in [0.25, 0.3) is 0 Å². The monoisotopic (exact) mass is 259 g/mol. The second kappa shape index (κ2) is 4.11. The van der Waals surface area contributed by atoms with Crippen molar-refractivity contribution in [3.63, 3.8) is 0 Å². The Morgan fingerprint density at radius 3 is 2.77 bits per heavy atom. The fraction of sp³-hybridized carbons (Fsp3) is 0.600. The molecule has 1 fully saturated rings. The van der Waals surface area contributed by atoms with Crippen LogP contribution in [0.15, 0.2) is 9.17 Å². The molecule has 2 N–H and O–H groups in total. The van der Waals surface area contributed by atoms with E-state index in [1.165, 1.54) is 40.6 Å². The van der Waals surface area contributed by atoms with Crippen LogP contribution in [0.4, 0.5) is 0 Å². The van der Waals surface area contributed by atoms with Crippen molar-refractivity contribution in [2.75, 3.05) is 0 Å². The highest BCUT2D eigenvalue weighted by Crippen LogP contribution is 2.40. The van der Waals surface area contributed by atoms with E-state index >= 15 is 0 Å². The maximum absolute atomic E-state index is 5.74. The van der Waals surface area contributed by atoms with Crippen LogP contribution < -0.4 is 5.73 Å². The van der Waals surface area contributed by atoms with Crippen LogP contribution in [0.3, 0.4) is 0 Å². The molecule has 0 saturated heterocycles. The smallest absolute Gasteiger partial charge is 0.0746 e. The van der Waals surface area contributed by atoms with Crippen molar-refractivity contribution in [1.29, 1.82) is 0 Å². The molecule has 0 atom stereocenters. The maximum Gasteiger partial charge on any atom is 0.0746 e. The van der Waals surface area contributed by atoms with E-state index in [9.17, 15) is 0 Å². The molecule has 0 aliphatic heterocycles. The third-order valence-corrected chi connectivity index (χ3v) is 4.74. The Morgan fingerprint density at radius 2 is 2.15 bits per heavy atom. The third kappa shape index (κ3) is 1.83. The second-order valence-electron chi connectivity index (χ2n) is 3.63. The molecule has 1 saturated carbocycles. The number of nitrogens with two attached hydrogens (primary N) is 1. The van der Waals surface area contributed by atoms with Crippen molar-refractivity contribution in [1.82, 2.24) is 0 Å². The molecule has 1 aromatic heterocycles. The summed E-state index contributed by atoms with van der Waals surface area (Å²) in [6.07, 6.45) is 5.50. The highest BCUT2D eigenvalue weighted by Gasteiger charge is 2.21. The van der Waals surface area contributed by atoms with Gasteiger partial charge in [0.1, 0.15) is 0 Å². The summed E-state index contributed by atoms with van der Waals surface area (Å²) in [4.78, 5) is 0. The van der Waals surface area contributed by atoms with Crippen molar-refractivity contribution in [3.8, 4) is 0 Å². The SMILES string of the molecule is NCc1c(C2CCCC2)csc1Br. The van der Waals surface area contributed by atoms with Gasteiger partial charge in [0.25, 0.3) is 0 Å². The van der Waals surface area contributed by atoms with Gasteiger partial charge >= 0.3 is 0 Å². The largest absolute Gasteiger partial charge is 0.326 e. The molecular weight excluding hydrogens is 246 g/mol. The summed E-state index contributed by atoms with van der Waals surface area (Å²) >= 11 is 5.34. The van der Waals surface area contributed by atoms with E-state index < -0.39 is 0 Å². The Balaban J connectivity index is 2.27. The van der Waals surface area contributed by atoms with Crippen LogP contribution in [0.2, 0.25) is 0 Å². The molecule has 2 rings (SSSR count). The summed E-state index contributed by atoms with van der Waals surface area (Å²) in [5.41, 5.74) is 8.60. The van der Waals surface area contributed by atoms with Gasteiger partial charge in [0, 0.05) is 6.54 Å². The molecule has 0 spiro atoms. The number of thiophene rings is 1. The van der Waals surface area contributed by atoms with Gasteiger partial charge in [0.15, 0.2) is 0 Å². The van der Waals surface area contributed by atoms with Gasteiger partial charge in [-0.3, -0.25) is 0 Å². The van der Waals surface area contributed by atoms with Gasteiger partial charge in [-0.05, 0) is 51.2 Å². The Morgan fingerprint density at radius 1 is 1.46 bits per heavy atom. The number of hydrogen-bond donors (Lipinski definition) is 1. The molecule has 0 unspecified atom stereocenters. The molecule has 13 heavy (non-hydrogen) atoms. The molecule has 3 heteroatoms. The van der Waals surface area contributed by atoms with Crippen molar-refractivity contribution in [2.45, 2.75) is 38.1 Å². The first kappa shape index (κ1) is 9.69. The average molecular weight is 260 g/mol. The van der Waals surface area contributed by atoms with E-state index in [2.05, 4.69) is 21.3 Å². The Labute approximate surface area is 91.5 Å². The van der Waals surface area contributed by atoms with Gasteiger partial charge in [0.05, 0.1) is 3.79 Å². The van der Waals surface area contributed by atoms with E-state index in [1.54, 1.807) is 11.3 Å². The highest BCUT2D eigenvalue weighted by atomic mass is 79.9. The van der Waals surface area contributed by atoms with Crippen LogP contribution in [0.5, 0.6) is 0 Å². The van der Waals surface area contributed by atoms with Crippen molar-refractivity contribution >= 4 is 27.3 Å². The molecule has 1 aliphatic rings. The number of rotatable bonds is 2. The fourth-order valence-electron chi connectivity index (χ4n) is 2.15. The first-order chi connectivity index (χ1) is 6.33. The molecule has 0 amide bonds. The molecular formula is C10H14BrNS. The zero-order valence-corrected chi connectivity index (χ0v) is 9.96. The molecule has 1 heterocycles. The Bertz CT molecular complexity index is 289. The van der Waals surface area contributed by atoms with E-state index in [0.717, 1.165) is 5.92 Å². The third-order valence-electron chi connectivity index (χ3n) is 2.87. The van der Waals surface area contributed by atoms with Crippen LogP contribution in [-0.4, -0.2) is 0 Å². The summed E-state index contributed by atoms with van der Waals surface area (Å²) in [6, 6.07) is 0. The minimum absolute atomic E-state index is 0.677. The van der Waals surface area contributed by atoms with Gasteiger partial charge in [-0.2, -0.15) is 0 Å². The van der Waals surface area contributed by atoms with Gasteiger partial charge in [0.2, 0.25) is 0 Å². The van der Waals surface area contributed by atoms with Crippen LogP contribution in [0.1, 0.15) is 42.7 Å². The Kier molecular flexibility index (Phi) is 3.06. The quantitative estimate of drug-likeness (QED) is 0.863. The van der Waals surface area contributed by atoms with Gasteiger partial charge in [-0.15, -0.1) is 11.3 Å². The molecule has 1 aliphatic carbocycles. The van der Waals surface area contributed by atoms with Crippen molar-refractivity contribution in [3.05, 3.63) is 20.3 Å². The first-order valence-electron chi connectivity index (χ1n) is 4.78. The minimum atomic E-state index is 0.677. The fourth-order valence-corrected chi connectivity index (χ4v) is 3.73. The van der Waals surface area contributed by atoms with Crippen LogP contribution in [-0.2, 0) is 6.54 Å². The van der Waals surface area contributed by atoms with E-state index in [0.29, 0.717) is 6.54 Å². The lowest BCUT2D eigenvalue weighted by Gasteiger charge is -2.09. The zero-order chi connectivity index (χ0) is 9.26. The van der Waals surface area contributed by atoms with Crippen LogP contribution in [0, 0.1) is 0 Å². The topological polar surface area (TPSA) is 26.0 Å². The average Bonchev–Trinajstić information content (AvgIpc) is 2.71. The molecule has 0 aromatic carbocycles. The number of halogens is 1. The van der Waals surface area contributed by atoms with Crippen LogP contribution >= 0.6 is 27.3 Å². The normalized spacial score (nSPS) is 18.3. The molecule has 0 bridgehead atoms. The summed E-state index contributed by atoms with van der Waals surface area (Å²) < 4.78 is 1.23. The predicted molar refractivity (Wildman–Crippen MR) is 61.1 cm³/mol. The lowest BCUT2D eigenvalue weighted by atomic mass is 9.97. The highest BCUT2D eigenvalue weighted by molar-refractivity contribution is 9.11. The van der Waals surface area contributed by atoms with Gasteiger partial charge in [-0.1, -0.05) is 12.8 Å². The summed E-state index contributed by atoms with van der Waals surface area (Å²) in [5, 5.41) is 2.28. The Hall–Kier alpha value is 0.140. The van der Waals surface area contributed by atoms with Crippen molar-refractivity contribution in [2.24, 2.45) is 5.73 Å². The maximum atomic E-state index is 5.74. The molecule has 72 valence electrons. The van der Waals surface area contributed by atoms with E-state index in [4.69, 9.17) is 5.73 Å². The molecule has 0 radical (unpaired) electrons. The van der Waals surface area contributed by atoms with E-state index in [1.807, 2.05) is 0 Å². The zero-order valence-electron chi connectivity index (χ0n) is 7.55. The lowest BCUT2D eigenvalue weighted by molar-refractivity contribution is 0.715. The van der Waals surface area contributed by atoms with Crippen molar-refractivity contribution < 1.29 is 0 Å². The number of hydrogen-bond acceptors (Lipinski definition) is 2. The first-order valence-corrected chi connectivity index (χ1v) is 6.46. The van der Waals surface area contributed by atoms with Gasteiger partial charge < -0.3 is 5.73 Å². The van der Waals surface area contributed by atoms with E-state index in [-0.39, 0.29) is 0 Å². The standard InChI is InChI=1S/C10H14BrNS/c11-10-8(5-12)9(6-13-10)7-3-1-2-4-7/h6-7H,1-5,12H2. The lowest BCUT2D eigenvalue weighted by Crippen LogP contribution is -2.01.